The monoisotopic (exact) mass is 226 g/mol. The van der Waals surface area contributed by atoms with Crippen LogP contribution in [0, 0.1) is 11.7 Å². The number of esters is 1. The van der Waals surface area contributed by atoms with Gasteiger partial charge in [-0.3, -0.25) is 9.59 Å². The van der Waals surface area contributed by atoms with E-state index in [2.05, 4.69) is 4.74 Å². The van der Waals surface area contributed by atoms with Gasteiger partial charge in [0.05, 0.1) is 7.11 Å². The molecule has 1 N–H and O–H groups in total. The van der Waals surface area contributed by atoms with Crippen LogP contribution in [0.5, 0.6) is 0 Å². The van der Waals surface area contributed by atoms with E-state index in [1.54, 1.807) is 0 Å². The molecule has 0 aliphatic heterocycles. The second-order valence-corrected chi connectivity index (χ2v) is 3.24. The van der Waals surface area contributed by atoms with Gasteiger partial charge in [-0.05, 0) is 24.1 Å². The Morgan fingerprint density at radius 1 is 1.38 bits per heavy atom. The average Bonchev–Trinajstić information content (AvgIpc) is 2.27. The zero-order chi connectivity index (χ0) is 12.1. The van der Waals surface area contributed by atoms with Crippen molar-refractivity contribution in [2.45, 2.75) is 6.42 Å². The molecular formula is C11H11FO4. The maximum atomic E-state index is 12.6. The molecule has 0 bridgehead atoms. The fourth-order valence-electron chi connectivity index (χ4n) is 1.27. The Morgan fingerprint density at radius 3 is 2.38 bits per heavy atom. The number of rotatable bonds is 4. The Kier molecular flexibility index (Phi) is 3.99. The molecule has 0 aliphatic carbocycles. The highest BCUT2D eigenvalue weighted by molar-refractivity contribution is 5.94. The zero-order valence-electron chi connectivity index (χ0n) is 8.64. The van der Waals surface area contributed by atoms with Crippen LogP contribution in [0.3, 0.4) is 0 Å². The fourth-order valence-corrected chi connectivity index (χ4v) is 1.27. The number of carboxylic acid groups (broad SMARTS) is 1. The molecule has 5 heteroatoms. The molecule has 0 saturated carbocycles. The predicted octanol–water partition coefficient (Wildman–Crippen LogP) is 1.24. The number of carboxylic acids is 1. The number of benzene rings is 1. The van der Waals surface area contributed by atoms with Gasteiger partial charge >= 0.3 is 11.9 Å². The van der Waals surface area contributed by atoms with Crippen molar-refractivity contribution in [2.24, 2.45) is 5.92 Å². The number of hydrogen-bond acceptors (Lipinski definition) is 3. The summed E-state index contributed by atoms with van der Waals surface area (Å²) in [6, 6.07) is 5.31. The number of carbonyl (C=O) groups is 2. The number of ether oxygens (including phenoxy) is 1. The minimum Gasteiger partial charge on any atom is -0.481 e. The summed E-state index contributed by atoms with van der Waals surface area (Å²) in [7, 11) is 1.13. The molecule has 1 aromatic carbocycles. The van der Waals surface area contributed by atoms with Crippen LogP contribution in [0.1, 0.15) is 5.56 Å². The molecule has 1 aromatic rings. The Morgan fingerprint density at radius 2 is 1.94 bits per heavy atom. The van der Waals surface area contributed by atoms with Crippen LogP contribution in [0.2, 0.25) is 0 Å². The molecule has 0 fully saturated rings. The highest BCUT2D eigenvalue weighted by Crippen LogP contribution is 2.11. The summed E-state index contributed by atoms with van der Waals surface area (Å²) in [5, 5.41) is 8.82. The third-order valence-corrected chi connectivity index (χ3v) is 2.14. The van der Waals surface area contributed by atoms with Crippen molar-refractivity contribution in [1.82, 2.24) is 0 Å². The highest BCUT2D eigenvalue weighted by atomic mass is 19.1. The lowest BCUT2D eigenvalue weighted by atomic mass is 10.00. The van der Waals surface area contributed by atoms with E-state index in [1.165, 1.54) is 24.3 Å². The van der Waals surface area contributed by atoms with E-state index >= 15 is 0 Å². The lowest BCUT2D eigenvalue weighted by molar-refractivity contribution is -0.156. The summed E-state index contributed by atoms with van der Waals surface area (Å²) in [5.41, 5.74) is 0.569. The smallest absolute Gasteiger partial charge is 0.320 e. The zero-order valence-corrected chi connectivity index (χ0v) is 8.64. The van der Waals surface area contributed by atoms with Gasteiger partial charge in [-0.15, -0.1) is 0 Å². The number of aliphatic carboxylic acids is 1. The third kappa shape index (κ3) is 3.05. The van der Waals surface area contributed by atoms with E-state index < -0.39 is 23.7 Å². The Hall–Kier alpha value is -1.91. The highest BCUT2D eigenvalue weighted by Gasteiger charge is 2.27. The first-order valence-electron chi connectivity index (χ1n) is 4.59. The molecule has 1 atom stereocenters. The molecule has 0 aromatic heterocycles. The van der Waals surface area contributed by atoms with Crippen LogP contribution in [0.25, 0.3) is 0 Å². The van der Waals surface area contributed by atoms with Gasteiger partial charge in [-0.1, -0.05) is 12.1 Å². The molecule has 0 spiro atoms. The Bertz CT molecular complexity index is 385. The summed E-state index contributed by atoms with van der Waals surface area (Å²) in [6.45, 7) is 0. The quantitative estimate of drug-likeness (QED) is 0.619. The van der Waals surface area contributed by atoms with Crippen LogP contribution in [0.4, 0.5) is 4.39 Å². The van der Waals surface area contributed by atoms with Crippen molar-refractivity contribution in [3.8, 4) is 0 Å². The first-order chi connectivity index (χ1) is 7.54. The molecule has 0 heterocycles. The molecule has 0 saturated heterocycles. The van der Waals surface area contributed by atoms with Crippen molar-refractivity contribution < 1.29 is 23.8 Å². The van der Waals surface area contributed by atoms with E-state index in [0.29, 0.717) is 5.56 Å². The second-order valence-electron chi connectivity index (χ2n) is 3.24. The minimum atomic E-state index is -1.25. The molecule has 86 valence electrons. The summed E-state index contributed by atoms with van der Waals surface area (Å²) < 4.78 is 17.0. The van der Waals surface area contributed by atoms with Crippen molar-refractivity contribution in [3.63, 3.8) is 0 Å². The summed E-state index contributed by atoms with van der Waals surface area (Å²) >= 11 is 0. The first kappa shape index (κ1) is 12.2. The molecule has 1 unspecified atom stereocenters. The molecule has 0 aliphatic rings. The van der Waals surface area contributed by atoms with Crippen LogP contribution in [-0.2, 0) is 20.7 Å². The topological polar surface area (TPSA) is 63.6 Å². The van der Waals surface area contributed by atoms with E-state index in [4.69, 9.17) is 5.11 Å². The minimum absolute atomic E-state index is 0.0116. The maximum absolute atomic E-state index is 12.6. The van der Waals surface area contributed by atoms with Crippen molar-refractivity contribution in [3.05, 3.63) is 35.6 Å². The molecule has 0 amide bonds. The van der Waals surface area contributed by atoms with Crippen LogP contribution in [-0.4, -0.2) is 24.2 Å². The largest absolute Gasteiger partial charge is 0.481 e. The molecular weight excluding hydrogens is 215 g/mol. The van der Waals surface area contributed by atoms with E-state index in [9.17, 15) is 14.0 Å². The van der Waals surface area contributed by atoms with E-state index in [1.807, 2.05) is 0 Å². The van der Waals surface area contributed by atoms with Gasteiger partial charge in [0.25, 0.3) is 0 Å². The van der Waals surface area contributed by atoms with E-state index in [-0.39, 0.29) is 6.42 Å². The maximum Gasteiger partial charge on any atom is 0.320 e. The van der Waals surface area contributed by atoms with Crippen molar-refractivity contribution >= 4 is 11.9 Å². The lowest BCUT2D eigenvalue weighted by Gasteiger charge is -2.09. The molecule has 0 radical (unpaired) electrons. The number of halogens is 1. The molecule has 4 nitrogen and oxygen atoms in total. The van der Waals surface area contributed by atoms with Crippen LogP contribution in [0.15, 0.2) is 24.3 Å². The normalized spacial score (nSPS) is 11.9. The number of carbonyl (C=O) groups excluding carboxylic acids is 1. The summed E-state index contributed by atoms with van der Waals surface area (Å²) in [5.74, 6) is -3.72. The van der Waals surface area contributed by atoms with Gasteiger partial charge in [0.2, 0.25) is 0 Å². The predicted molar refractivity (Wildman–Crippen MR) is 53.2 cm³/mol. The fraction of sp³-hybridized carbons (Fsp3) is 0.273. The van der Waals surface area contributed by atoms with Gasteiger partial charge in [0.15, 0.2) is 5.92 Å². The standard InChI is InChI=1S/C11H11FO4/c1-16-11(15)9(10(13)14)6-7-2-4-8(12)5-3-7/h2-5,9H,6H2,1H3,(H,13,14). The lowest BCUT2D eigenvalue weighted by Crippen LogP contribution is -2.27. The first-order valence-corrected chi connectivity index (χ1v) is 4.59. The van der Waals surface area contributed by atoms with Gasteiger partial charge in [-0.25, -0.2) is 4.39 Å². The molecule has 1 rings (SSSR count). The number of methoxy groups -OCH3 is 1. The van der Waals surface area contributed by atoms with Crippen molar-refractivity contribution in [2.75, 3.05) is 7.11 Å². The summed E-state index contributed by atoms with van der Waals surface area (Å²) in [6.07, 6.45) is -0.0116. The van der Waals surface area contributed by atoms with E-state index in [0.717, 1.165) is 7.11 Å². The SMILES string of the molecule is COC(=O)C(Cc1ccc(F)cc1)C(=O)O. The third-order valence-electron chi connectivity index (χ3n) is 2.14. The summed E-state index contributed by atoms with van der Waals surface area (Å²) in [4.78, 5) is 21.9. The van der Waals surface area contributed by atoms with Crippen LogP contribution >= 0.6 is 0 Å². The van der Waals surface area contributed by atoms with Gasteiger partial charge < -0.3 is 9.84 Å². The van der Waals surface area contributed by atoms with Crippen LogP contribution < -0.4 is 0 Å². The van der Waals surface area contributed by atoms with Crippen molar-refractivity contribution in [1.29, 1.82) is 0 Å². The Balaban J connectivity index is 2.80. The average molecular weight is 226 g/mol. The van der Waals surface area contributed by atoms with Gasteiger partial charge in [-0.2, -0.15) is 0 Å². The number of hydrogen-bond donors (Lipinski definition) is 1. The Labute approximate surface area is 91.7 Å². The second kappa shape index (κ2) is 5.25. The van der Waals surface area contributed by atoms with Gasteiger partial charge in [0.1, 0.15) is 5.82 Å². The molecule has 16 heavy (non-hydrogen) atoms. The van der Waals surface area contributed by atoms with Gasteiger partial charge in [0, 0.05) is 0 Å².